The van der Waals surface area contributed by atoms with Crippen molar-refractivity contribution in [3.05, 3.63) is 82.5 Å². The number of aromatic nitrogens is 4. The van der Waals surface area contributed by atoms with Crippen LogP contribution >= 0.6 is 0 Å². The second-order valence-corrected chi connectivity index (χ2v) is 7.18. The van der Waals surface area contributed by atoms with Crippen LogP contribution in [-0.4, -0.2) is 32.8 Å². The highest BCUT2D eigenvalue weighted by atomic mass is 19.4. The lowest BCUT2D eigenvalue weighted by molar-refractivity contribution is -0.138. The van der Waals surface area contributed by atoms with Crippen molar-refractivity contribution in [2.75, 3.05) is 7.11 Å². The fourth-order valence-corrected chi connectivity index (χ4v) is 3.54. The van der Waals surface area contributed by atoms with E-state index in [4.69, 9.17) is 0 Å². The molecule has 0 amide bonds. The van der Waals surface area contributed by atoms with Gasteiger partial charge in [0, 0.05) is 18.2 Å². The predicted octanol–water partition coefficient (Wildman–Crippen LogP) is 4.31. The van der Waals surface area contributed by atoms with Crippen LogP contribution in [0.1, 0.15) is 16.1 Å². The van der Waals surface area contributed by atoms with Gasteiger partial charge in [0.2, 0.25) is 0 Å². The summed E-state index contributed by atoms with van der Waals surface area (Å²) in [6.07, 6.45) is -3.32. The number of rotatable bonds is 4. The summed E-state index contributed by atoms with van der Waals surface area (Å²) in [5, 5.41) is 8.02. The highest BCUT2D eigenvalue weighted by Gasteiger charge is 2.37. The van der Waals surface area contributed by atoms with Gasteiger partial charge in [0.05, 0.1) is 12.7 Å². The first kappa shape index (κ1) is 22.0. The number of ether oxygens (including phenoxy) is 1. The van der Waals surface area contributed by atoms with E-state index in [-0.39, 0.29) is 11.1 Å². The molecule has 0 aliphatic heterocycles. The maximum atomic E-state index is 13.6. The zero-order valence-corrected chi connectivity index (χ0v) is 17.5. The fraction of sp³-hybridized carbons (Fsp3) is 0.130. The molecular weight excluding hydrogens is 437 g/mol. The summed E-state index contributed by atoms with van der Waals surface area (Å²) in [7, 11) is 2.73. The number of aryl methyl sites for hydroxylation is 1. The average Bonchev–Trinajstić information content (AvgIpc) is 3.23. The van der Waals surface area contributed by atoms with Crippen molar-refractivity contribution in [3.63, 3.8) is 0 Å². The van der Waals surface area contributed by atoms with E-state index in [0.717, 1.165) is 18.2 Å². The van der Waals surface area contributed by atoms with Gasteiger partial charge in [0.15, 0.2) is 5.82 Å². The zero-order valence-electron chi connectivity index (χ0n) is 17.5. The van der Waals surface area contributed by atoms with Crippen molar-refractivity contribution in [1.29, 1.82) is 0 Å². The summed E-state index contributed by atoms with van der Waals surface area (Å²) < 4.78 is 47.0. The van der Waals surface area contributed by atoms with Crippen LogP contribution in [0.5, 0.6) is 0 Å². The first-order valence-corrected chi connectivity index (χ1v) is 9.67. The highest BCUT2D eigenvalue weighted by molar-refractivity contribution is 5.90. The van der Waals surface area contributed by atoms with Gasteiger partial charge in [-0.3, -0.25) is 4.79 Å². The molecule has 10 heteroatoms. The summed E-state index contributed by atoms with van der Waals surface area (Å²) >= 11 is 0. The number of hydrogen-bond acceptors (Lipinski definition) is 5. The highest BCUT2D eigenvalue weighted by Crippen LogP contribution is 2.35. The summed E-state index contributed by atoms with van der Waals surface area (Å²) in [6, 6.07) is 14.6. The largest absolute Gasteiger partial charge is 0.464 e. The van der Waals surface area contributed by atoms with Crippen molar-refractivity contribution >= 4 is 5.97 Å². The van der Waals surface area contributed by atoms with Crippen molar-refractivity contribution in [2.45, 2.75) is 6.18 Å². The first-order chi connectivity index (χ1) is 15.7. The van der Waals surface area contributed by atoms with Gasteiger partial charge in [-0.1, -0.05) is 42.5 Å². The Bertz CT molecular complexity index is 1410. The molecule has 168 valence electrons. The minimum atomic E-state index is -4.88. The number of carbonyl (C=O) groups excluding carboxylic acids is 1. The van der Waals surface area contributed by atoms with Gasteiger partial charge < -0.3 is 14.3 Å². The third-order valence-corrected chi connectivity index (χ3v) is 5.10. The number of methoxy groups -OCH3 is 1. The third kappa shape index (κ3) is 4.14. The Morgan fingerprint density at radius 3 is 2.27 bits per heavy atom. The number of benzene rings is 2. The monoisotopic (exact) mass is 454 g/mol. The number of pyridine rings is 1. The van der Waals surface area contributed by atoms with Crippen LogP contribution in [-0.2, 0) is 18.0 Å². The van der Waals surface area contributed by atoms with Crippen LogP contribution in [0.15, 0.2) is 65.7 Å². The van der Waals surface area contributed by atoms with E-state index in [2.05, 4.69) is 14.9 Å². The minimum Gasteiger partial charge on any atom is -0.464 e. The fourth-order valence-electron chi connectivity index (χ4n) is 3.54. The second kappa shape index (κ2) is 8.38. The van der Waals surface area contributed by atoms with Gasteiger partial charge in [-0.05, 0) is 28.8 Å². The number of carbonyl (C=O) groups is 1. The lowest BCUT2D eigenvalue weighted by Gasteiger charge is -2.14. The van der Waals surface area contributed by atoms with E-state index in [1.54, 1.807) is 36.1 Å². The molecule has 0 aliphatic rings. The minimum absolute atomic E-state index is 0.229. The Morgan fingerprint density at radius 2 is 1.67 bits per heavy atom. The number of nitrogens with zero attached hydrogens (tertiary/aromatic N) is 3. The molecule has 0 spiro atoms. The topological polar surface area (TPSA) is 89.9 Å². The van der Waals surface area contributed by atoms with Crippen LogP contribution in [0.2, 0.25) is 0 Å². The molecule has 4 rings (SSSR count). The molecule has 0 atom stereocenters. The van der Waals surface area contributed by atoms with E-state index in [1.165, 1.54) is 6.07 Å². The standard InChI is InChI=1S/C23H17F3N4O3/c1-30-12-27-29-20(30)16-9-4-3-8-15(16)13-6-5-7-14(10-13)17-11-18(23(24,25)26)19(22(32)33-2)28-21(17)31/h3-12H,1-2H3,(H,28,31). The summed E-state index contributed by atoms with van der Waals surface area (Å²) in [5.41, 5.74) is -0.860. The number of hydrogen-bond donors (Lipinski definition) is 1. The number of esters is 1. The molecule has 2 aromatic carbocycles. The SMILES string of the molecule is COC(=O)c1[nH]c(=O)c(-c2cccc(-c3ccccc3-c3nncn3C)c2)cc1C(F)(F)F. The number of aromatic amines is 1. The number of halogens is 3. The van der Waals surface area contributed by atoms with Crippen LogP contribution in [0.3, 0.4) is 0 Å². The molecule has 1 N–H and O–H groups in total. The second-order valence-electron chi connectivity index (χ2n) is 7.18. The molecule has 0 saturated carbocycles. The van der Waals surface area contributed by atoms with Crippen LogP contribution in [0, 0.1) is 0 Å². The Labute approximate surface area is 185 Å². The normalized spacial score (nSPS) is 11.4. The van der Waals surface area contributed by atoms with Crippen molar-refractivity contribution in [3.8, 4) is 33.6 Å². The van der Waals surface area contributed by atoms with Gasteiger partial charge in [0.1, 0.15) is 12.0 Å². The van der Waals surface area contributed by atoms with E-state index >= 15 is 0 Å². The molecule has 2 aromatic heterocycles. The molecule has 0 aliphatic carbocycles. The van der Waals surface area contributed by atoms with Crippen molar-refractivity contribution < 1.29 is 22.7 Å². The quantitative estimate of drug-likeness (QED) is 0.464. The molecule has 0 fully saturated rings. The maximum absolute atomic E-state index is 13.6. The van der Waals surface area contributed by atoms with Crippen molar-refractivity contribution in [1.82, 2.24) is 19.7 Å². The van der Waals surface area contributed by atoms with E-state index < -0.39 is 29.0 Å². The molecule has 7 nitrogen and oxygen atoms in total. The molecule has 0 unspecified atom stereocenters. The molecule has 33 heavy (non-hydrogen) atoms. The Hall–Kier alpha value is -4.21. The molecular formula is C23H17F3N4O3. The number of H-pyrrole nitrogens is 1. The van der Waals surface area contributed by atoms with Gasteiger partial charge >= 0.3 is 12.1 Å². The Morgan fingerprint density at radius 1 is 1.00 bits per heavy atom. The lowest BCUT2D eigenvalue weighted by atomic mass is 9.95. The molecule has 2 heterocycles. The van der Waals surface area contributed by atoms with Crippen LogP contribution in [0.25, 0.3) is 33.6 Å². The van der Waals surface area contributed by atoms with Gasteiger partial charge in [-0.25, -0.2) is 4.79 Å². The third-order valence-electron chi connectivity index (χ3n) is 5.10. The van der Waals surface area contributed by atoms with Crippen LogP contribution in [0.4, 0.5) is 13.2 Å². The summed E-state index contributed by atoms with van der Waals surface area (Å²) in [4.78, 5) is 26.5. The van der Waals surface area contributed by atoms with E-state index in [0.29, 0.717) is 17.5 Å². The molecule has 0 saturated heterocycles. The summed E-state index contributed by atoms with van der Waals surface area (Å²) in [6.45, 7) is 0. The maximum Gasteiger partial charge on any atom is 0.418 e. The number of nitrogens with one attached hydrogen (secondary N) is 1. The molecule has 4 aromatic rings. The summed E-state index contributed by atoms with van der Waals surface area (Å²) in [5.74, 6) is -0.673. The molecule has 0 radical (unpaired) electrons. The van der Waals surface area contributed by atoms with Gasteiger partial charge in [0.25, 0.3) is 5.56 Å². The van der Waals surface area contributed by atoms with E-state index in [1.807, 2.05) is 29.2 Å². The first-order valence-electron chi connectivity index (χ1n) is 9.67. The average molecular weight is 454 g/mol. The Balaban J connectivity index is 1.88. The van der Waals surface area contributed by atoms with Gasteiger partial charge in [-0.15, -0.1) is 10.2 Å². The van der Waals surface area contributed by atoms with Crippen molar-refractivity contribution in [2.24, 2.45) is 7.05 Å². The van der Waals surface area contributed by atoms with Gasteiger partial charge in [-0.2, -0.15) is 13.2 Å². The molecule has 0 bridgehead atoms. The Kier molecular flexibility index (Phi) is 5.59. The smallest absolute Gasteiger partial charge is 0.418 e. The predicted molar refractivity (Wildman–Crippen MR) is 114 cm³/mol. The number of alkyl halides is 3. The zero-order chi connectivity index (χ0) is 23.8. The van der Waals surface area contributed by atoms with E-state index in [9.17, 15) is 22.8 Å². The lowest BCUT2D eigenvalue weighted by Crippen LogP contribution is -2.23. The van der Waals surface area contributed by atoms with Crippen LogP contribution < -0.4 is 5.56 Å².